The number of carbonyl (C=O) groups is 1. The zero-order chi connectivity index (χ0) is 29.6. The van der Waals surface area contributed by atoms with Crippen LogP contribution in [0.2, 0.25) is 0 Å². The van der Waals surface area contributed by atoms with E-state index in [1.54, 1.807) is 23.0 Å². The van der Waals surface area contributed by atoms with Crippen LogP contribution in [0.3, 0.4) is 0 Å². The fourth-order valence-electron chi connectivity index (χ4n) is 6.02. The molecule has 14 heteroatoms. The molecule has 3 heterocycles. The highest BCUT2D eigenvalue weighted by Gasteiger charge is 2.52. The molecule has 3 aromatic heterocycles. The number of aromatic nitrogens is 6. The van der Waals surface area contributed by atoms with Gasteiger partial charge in [0.1, 0.15) is 30.3 Å². The second-order valence-electron chi connectivity index (χ2n) is 10.5. The first-order chi connectivity index (χ1) is 20.1. The third-order valence-electron chi connectivity index (χ3n) is 7.93. The number of ketones is 1. The van der Waals surface area contributed by atoms with Crippen molar-refractivity contribution in [2.75, 3.05) is 13.2 Å². The molecule has 0 amide bonds. The lowest BCUT2D eigenvalue weighted by molar-refractivity contribution is 0.0734. The van der Waals surface area contributed by atoms with Crippen molar-refractivity contribution in [1.29, 1.82) is 0 Å². The second kappa shape index (κ2) is 10.6. The standard InChI is InChI=1S/C28H26F3N7O3S/c1-36-17-33-27(35-36)42(40,41)37(11-9-29)23-5-2-19-12-25-18(16-34-38(25)22-6-3-20(30)4-7-22)14-28(19,15-23)26(39)24-13-21(31)8-10-32-24/h3-4,6-8,10,12-13,16-17,23H,2,5,9,11,14-15H2,1H3/t23-,28-/m0/s1. The van der Waals surface area contributed by atoms with E-state index in [2.05, 4.69) is 20.2 Å². The lowest BCUT2D eigenvalue weighted by Crippen LogP contribution is -2.51. The molecule has 0 N–H and O–H groups in total. The number of Topliss-reactive ketones (excluding diaryl/α,β-unsaturated/α-hetero) is 1. The Hall–Kier alpha value is -4.17. The van der Waals surface area contributed by atoms with Crippen LogP contribution in [0, 0.1) is 17.0 Å². The van der Waals surface area contributed by atoms with E-state index in [4.69, 9.17) is 0 Å². The van der Waals surface area contributed by atoms with Gasteiger partial charge in [0.15, 0.2) is 5.78 Å². The predicted molar refractivity (Wildman–Crippen MR) is 145 cm³/mol. The summed E-state index contributed by atoms with van der Waals surface area (Å²) < 4.78 is 72.7. The van der Waals surface area contributed by atoms with Crippen LogP contribution < -0.4 is 0 Å². The van der Waals surface area contributed by atoms with Crippen molar-refractivity contribution in [3.05, 3.63) is 89.3 Å². The maximum atomic E-state index is 14.3. The molecular weight excluding hydrogens is 571 g/mol. The van der Waals surface area contributed by atoms with E-state index in [1.807, 2.05) is 6.08 Å². The molecule has 1 aromatic carbocycles. The number of sulfonamides is 1. The van der Waals surface area contributed by atoms with Crippen LogP contribution in [0.4, 0.5) is 13.2 Å². The zero-order valence-electron chi connectivity index (χ0n) is 22.5. The van der Waals surface area contributed by atoms with Gasteiger partial charge < -0.3 is 0 Å². The number of pyridine rings is 1. The molecule has 2 aliphatic carbocycles. The number of hydrogen-bond acceptors (Lipinski definition) is 7. The summed E-state index contributed by atoms with van der Waals surface area (Å²) in [6, 6.07) is 7.24. The zero-order valence-corrected chi connectivity index (χ0v) is 23.3. The molecule has 10 nitrogen and oxygen atoms in total. The highest BCUT2D eigenvalue weighted by atomic mass is 32.2. The Kier molecular flexibility index (Phi) is 7.05. The summed E-state index contributed by atoms with van der Waals surface area (Å²) in [5, 5.41) is 7.95. The lowest BCUT2D eigenvalue weighted by Gasteiger charge is -2.46. The van der Waals surface area contributed by atoms with Gasteiger partial charge in [-0.2, -0.15) is 9.40 Å². The molecule has 0 unspecified atom stereocenters. The number of hydrogen-bond donors (Lipinski definition) is 0. The Labute approximate surface area is 239 Å². The van der Waals surface area contributed by atoms with Crippen LogP contribution in [0.1, 0.15) is 41.0 Å². The van der Waals surface area contributed by atoms with Gasteiger partial charge in [-0.1, -0.05) is 5.57 Å². The quantitative estimate of drug-likeness (QED) is 0.285. The number of halogens is 3. The first-order valence-electron chi connectivity index (χ1n) is 13.3. The van der Waals surface area contributed by atoms with Gasteiger partial charge in [-0.25, -0.2) is 31.3 Å². The summed E-state index contributed by atoms with van der Waals surface area (Å²) in [5.41, 5.74) is 1.34. The number of aryl methyl sites for hydroxylation is 1. The summed E-state index contributed by atoms with van der Waals surface area (Å²) in [6.07, 6.45) is 6.63. The van der Waals surface area contributed by atoms with Crippen molar-refractivity contribution in [3.63, 3.8) is 0 Å². The number of alkyl halides is 1. The smallest absolute Gasteiger partial charge is 0.282 e. The summed E-state index contributed by atoms with van der Waals surface area (Å²) in [5.74, 6) is -1.49. The monoisotopic (exact) mass is 597 g/mol. The molecule has 2 aliphatic rings. The molecule has 1 fully saturated rings. The summed E-state index contributed by atoms with van der Waals surface area (Å²) in [4.78, 5) is 22.3. The predicted octanol–water partition coefficient (Wildman–Crippen LogP) is 3.70. The summed E-state index contributed by atoms with van der Waals surface area (Å²) in [7, 11) is -2.78. The Bertz CT molecular complexity index is 1800. The van der Waals surface area contributed by atoms with Crippen LogP contribution in [-0.4, -0.2) is 67.3 Å². The highest BCUT2D eigenvalue weighted by Crippen LogP contribution is 2.51. The number of fused-ring (bicyclic) bond motifs is 2. The van der Waals surface area contributed by atoms with Crippen molar-refractivity contribution >= 4 is 21.9 Å². The molecule has 0 radical (unpaired) electrons. The maximum absolute atomic E-state index is 14.3. The first kappa shape index (κ1) is 28.0. The third kappa shape index (κ3) is 4.73. The van der Waals surface area contributed by atoms with Gasteiger partial charge in [-0.05, 0) is 67.7 Å². The van der Waals surface area contributed by atoms with Crippen molar-refractivity contribution in [3.8, 4) is 5.69 Å². The SMILES string of the molecule is Cn1cnc(S(=O)(=O)N(CCF)[C@H]2CCC3=Cc4c(cnn4-c4ccc(F)cc4)C[C@]3(C(=O)c3cc(F)ccn3)C2)n1. The van der Waals surface area contributed by atoms with E-state index < -0.39 is 57.3 Å². The minimum Gasteiger partial charge on any atom is -0.291 e. The van der Waals surface area contributed by atoms with Crippen LogP contribution in [-0.2, 0) is 23.5 Å². The molecule has 2 atom stereocenters. The molecule has 42 heavy (non-hydrogen) atoms. The average Bonchev–Trinajstić information content (AvgIpc) is 3.60. The van der Waals surface area contributed by atoms with Crippen molar-refractivity contribution in [2.45, 2.75) is 36.9 Å². The molecule has 0 aliphatic heterocycles. The van der Waals surface area contributed by atoms with Gasteiger partial charge in [0.05, 0.1) is 23.0 Å². The van der Waals surface area contributed by atoms with Crippen molar-refractivity contribution in [1.82, 2.24) is 33.8 Å². The second-order valence-corrected chi connectivity index (χ2v) is 12.2. The molecule has 1 saturated carbocycles. The van der Waals surface area contributed by atoms with E-state index in [0.29, 0.717) is 35.4 Å². The Morgan fingerprint density at radius 3 is 2.62 bits per heavy atom. The van der Waals surface area contributed by atoms with Crippen LogP contribution in [0.25, 0.3) is 11.8 Å². The van der Waals surface area contributed by atoms with Crippen LogP contribution in [0.5, 0.6) is 0 Å². The van der Waals surface area contributed by atoms with Gasteiger partial charge in [-0.3, -0.25) is 14.5 Å². The van der Waals surface area contributed by atoms with E-state index in [1.165, 1.54) is 36.4 Å². The largest absolute Gasteiger partial charge is 0.291 e. The Morgan fingerprint density at radius 2 is 1.93 bits per heavy atom. The van der Waals surface area contributed by atoms with Gasteiger partial charge in [0.25, 0.3) is 15.2 Å². The summed E-state index contributed by atoms with van der Waals surface area (Å²) >= 11 is 0. The minimum absolute atomic E-state index is 0.00307. The minimum atomic E-state index is -4.30. The van der Waals surface area contributed by atoms with Gasteiger partial charge >= 0.3 is 0 Å². The lowest BCUT2D eigenvalue weighted by atomic mass is 9.60. The molecule has 0 spiro atoms. The number of allylic oxidation sites excluding steroid dienone is 1. The normalized spacial score (nSPS) is 20.2. The van der Waals surface area contributed by atoms with Gasteiger partial charge in [-0.15, -0.1) is 5.10 Å². The fourth-order valence-corrected chi connectivity index (χ4v) is 7.52. The number of nitrogens with zero attached hydrogens (tertiary/aromatic N) is 7. The molecule has 218 valence electrons. The molecular formula is C28H26F3N7O3S. The van der Waals surface area contributed by atoms with Crippen LogP contribution in [0.15, 0.2) is 65.8 Å². The Balaban J connectivity index is 1.45. The van der Waals surface area contributed by atoms with E-state index in [-0.39, 0.29) is 18.5 Å². The first-order valence-corrected chi connectivity index (χ1v) is 14.7. The van der Waals surface area contributed by atoms with Gasteiger partial charge in [0, 0.05) is 31.9 Å². The molecule has 0 saturated heterocycles. The van der Waals surface area contributed by atoms with E-state index in [0.717, 1.165) is 16.4 Å². The van der Waals surface area contributed by atoms with Crippen molar-refractivity contribution in [2.24, 2.45) is 12.5 Å². The van der Waals surface area contributed by atoms with Crippen molar-refractivity contribution < 1.29 is 26.4 Å². The topological polar surface area (TPSA) is 116 Å². The number of carbonyl (C=O) groups excluding carboxylic acids is 1. The average molecular weight is 598 g/mol. The third-order valence-corrected chi connectivity index (χ3v) is 9.67. The molecule has 6 rings (SSSR count). The summed E-state index contributed by atoms with van der Waals surface area (Å²) in [6.45, 7) is -1.40. The number of rotatable bonds is 8. The Morgan fingerprint density at radius 1 is 1.14 bits per heavy atom. The van der Waals surface area contributed by atoms with Crippen LogP contribution >= 0.6 is 0 Å². The fraction of sp³-hybridized carbons (Fsp3) is 0.321. The number of benzene rings is 1. The highest BCUT2D eigenvalue weighted by molar-refractivity contribution is 7.89. The molecule has 4 aromatic rings. The van der Waals surface area contributed by atoms with E-state index in [9.17, 15) is 26.4 Å². The molecule has 0 bridgehead atoms. The van der Waals surface area contributed by atoms with E-state index >= 15 is 0 Å². The maximum Gasteiger partial charge on any atom is 0.282 e. The van der Waals surface area contributed by atoms with Gasteiger partial charge in [0.2, 0.25) is 0 Å².